The van der Waals surface area contributed by atoms with Crippen LogP contribution in [0, 0.1) is 5.92 Å². The predicted molar refractivity (Wildman–Crippen MR) is 75.3 cm³/mol. The molecule has 2 aromatic rings. The van der Waals surface area contributed by atoms with E-state index in [4.69, 9.17) is 5.84 Å². The summed E-state index contributed by atoms with van der Waals surface area (Å²) in [6, 6.07) is 1.89. The van der Waals surface area contributed by atoms with Crippen molar-refractivity contribution in [2.75, 3.05) is 5.43 Å². The molecule has 0 saturated carbocycles. The van der Waals surface area contributed by atoms with Gasteiger partial charge in [0.1, 0.15) is 11.5 Å². The quantitative estimate of drug-likeness (QED) is 0.633. The molecule has 19 heavy (non-hydrogen) atoms. The average Bonchev–Trinajstić information content (AvgIpc) is 2.85. The van der Waals surface area contributed by atoms with Crippen molar-refractivity contribution in [1.29, 1.82) is 0 Å². The Bertz CT molecular complexity index is 546. The van der Waals surface area contributed by atoms with Crippen molar-refractivity contribution in [1.82, 2.24) is 19.5 Å². The van der Waals surface area contributed by atoms with Gasteiger partial charge in [-0.15, -0.1) is 0 Å². The number of nitrogens with zero attached hydrogens (tertiary/aromatic N) is 4. The monoisotopic (exact) mass is 260 g/mol. The lowest BCUT2D eigenvalue weighted by molar-refractivity contribution is 0.634. The molecule has 102 valence electrons. The number of rotatable bonds is 5. The molecule has 0 saturated heterocycles. The predicted octanol–water partition coefficient (Wildman–Crippen LogP) is 1.84. The Kier molecular flexibility index (Phi) is 4.11. The van der Waals surface area contributed by atoms with Crippen LogP contribution in [0.3, 0.4) is 0 Å². The molecule has 0 aromatic carbocycles. The Morgan fingerprint density at radius 2 is 2.16 bits per heavy atom. The summed E-state index contributed by atoms with van der Waals surface area (Å²) in [6.07, 6.45) is 4.45. The molecule has 2 rings (SSSR count). The number of nitrogens with two attached hydrogens (primary N) is 1. The van der Waals surface area contributed by atoms with Crippen LogP contribution < -0.4 is 11.3 Å². The van der Waals surface area contributed by atoms with Crippen LogP contribution in [0.15, 0.2) is 18.6 Å². The van der Waals surface area contributed by atoms with Gasteiger partial charge in [0.25, 0.3) is 0 Å². The summed E-state index contributed by atoms with van der Waals surface area (Å²) in [6.45, 7) is 7.21. The van der Waals surface area contributed by atoms with Crippen LogP contribution in [0.4, 0.5) is 5.82 Å². The summed E-state index contributed by atoms with van der Waals surface area (Å²) in [5, 5.41) is 0. The number of hydrogen-bond acceptors (Lipinski definition) is 5. The molecule has 2 aromatic heterocycles. The first-order valence-electron chi connectivity index (χ1n) is 6.49. The van der Waals surface area contributed by atoms with E-state index in [2.05, 4.69) is 41.1 Å². The zero-order valence-electron chi connectivity index (χ0n) is 11.6. The third-order valence-electron chi connectivity index (χ3n) is 2.83. The molecule has 6 nitrogen and oxygen atoms in total. The van der Waals surface area contributed by atoms with Crippen LogP contribution in [0.2, 0.25) is 0 Å². The maximum absolute atomic E-state index is 5.48. The molecule has 0 spiro atoms. The smallest absolute Gasteiger partial charge is 0.180 e. The standard InChI is InChI=1S/C13H20N6/c1-4-19-8-15-7-11(19)13-16-10(5-9(2)3)6-12(17-13)18-14/h6-9H,4-5,14H2,1-3H3,(H,16,17,18). The lowest BCUT2D eigenvalue weighted by atomic mass is 10.1. The Labute approximate surface area is 113 Å². The summed E-state index contributed by atoms with van der Waals surface area (Å²) >= 11 is 0. The third kappa shape index (κ3) is 3.08. The molecule has 0 atom stereocenters. The SMILES string of the molecule is CCn1cncc1-c1nc(CC(C)C)cc(NN)n1. The fraction of sp³-hybridized carbons (Fsp3) is 0.462. The summed E-state index contributed by atoms with van der Waals surface area (Å²) < 4.78 is 2.01. The zero-order valence-corrected chi connectivity index (χ0v) is 11.6. The highest BCUT2D eigenvalue weighted by atomic mass is 15.3. The highest BCUT2D eigenvalue weighted by Gasteiger charge is 2.11. The van der Waals surface area contributed by atoms with Crippen LogP contribution in [-0.4, -0.2) is 19.5 Å². The van der Waals surface area contributed by atoms with E-state index in [0.29, 0.717) is 17.6 Å². The van der Waals surface area contributed by atoms with Gasteiger partial charge in [0.05, 0.1) is 12.5 Å². The van der Waals surface area contributed by atoms with E-state index >= 15 is 0 Å². The molecular formula is C13H20N6. The zero-order chi connectivity index (χ0) is 13.8. The van der Waals surface area contributed by atoms with Gasteiger partial charge in [-0.2, -0.15) is 0 Å². The maximum Gasteiger partial charge on any atom is 0.180 e. The van der Waals surface area contributed by atoms with Gasteiger partial charge >= 0.3 is 0 Å². The topological polar surface area (TPSA) is 81.7 Å². The van der Waals surface area contributed by atoms with E-state index in [-0.39, 0.29) is 0 Å². The molecule has 0 radical (unpaired) electrons. The average molecular weight is 260 g/mol. The van der Waals surface area contributed by atoms with Gasteiger partial charge in [0, 0.05) is 18.3 Å². The Morgan fingerprint density at radius 1 is 1.37 bits per heavy atom. The van der Waals surface area contributed by atoms with E-state index in [1.54, 1.807) is 12.5 Å². The van der Waals surface area contributed by atoms with Gasteiger partial charge in [-0.25, -0.2) is 20.8 Å². The molecule has 0 aliphatic heterocycles. The largest absolute Gasteiger partial charge is 0.328 e. The van der Waals surface area contributed by atoms with E-state index in [0.717, 1.165) is 24.4 Å². The van der Waals surface area contributed by atoms with Gasteiger partial charge < -0.3 is 9.99 Å². The minimum Gasteiger partial charge on any atom is -0.328 e. The highest BCUT2D eigenvalue weighted by molar-refractivity contribution is 5.52. The minimum absolute atomic E-state index is 0.532. The van der Waals surface area contributed by atoms with Crippen molar-refractivity contribution < 1.29 is 0 Å². The van der Waals surface area contributed by atoms with Crippen molar-refractivity contribution in [3.05, 3.63) is 24.3 Å². The molecule has 6 heteroatoms. The lowest BCUT2D eigenvalue weighted by Gasteiger charge is -2.10. The van der Waals surface area contributed by atoms with Crippen molar-refractivity contribution in [2.24, 2.45) is 11.8 Å². The second kappa shape index (κ2) is 5.79. The van der Waals surface area contributed by atoms with E-state index in [1.807, 2.05) is 10.6 Å². The number of hydrogen-bond donors (Lipinski definition) is 2. The fourth-order valence-electron chi connectivity index (χ4n) is 1.97. The molecule has 3 N–H and O–H groups in total. The third-order valence-corrected chi connectivity index (χ3v) is 2.83. The van der Waals surface area contributed by atoms with Crippen LogP contribution in [0.25, 0.3) is 11.5 Å². The Balaban J connectivity index is 2.44. The first kappa shape index (κ1) is 13.5. The molecule has 0 aliphatic carbocycles. The van der Waals surface area contributed by atoms with Gasteiger partial charge in [-0.05, 0) is 19.3 Å². The van der Waals surface area contributed by atoms with Crippen LogP contribution >= 0.6 is 0 Å². The summed E-state index contributed by atoms with van der Waals surface area (Å²) in [5.41, 5.74) is 4.49. The van der Waals surface area contributed by atoms with Crippen molar-refractivity contribution in [3.8, 4) is 11.5 Å². The van der Waals surface area contributed by atoms with Crippen molar-refractivity contribution in [3.63, 3.8) is 0 Å². The van der Waals surface area contributed by atoms with Gasteiger partial charge in [-0.3, -0.25) is 0 Å². The number of imidazole rings is 1. The number of nitrogen functional groups attached to an aromatic ring is 1. The molecule has 0 unspecified atom stereocenters. The maximum atomic E-state index is 5.48. The van der Waals surface area contributed by atoms with E-state index in [9.17, 15) is 0 Å². The molecular weight excluding hydrogens is 240 g/mol. The van der Waals surface area contributed by atoms with Crippen molar-refractivity contribution >= 4 is 5.82 Å². The minimum atomic E-state index is 0.532. The number of hydrazine groups is 1. The van der Waals surface area contributed by atoms with Gasteiger partial charge in [-0.1, -0.05) is 13.8 Å². The number of aromatic nitrogens is 4. The first-order valence-corrected chi connectivity index (χ1v) is 6.49. The molecule has 0 amide bonds. The second-order valence-corrected chi connectivity index (χ2v) is 4.88. The van der Waals surface area contributed by atoms with E-state index < -0.39 is 0 Å². The summed E-state index contributed by atoms with van der Waals surface area (Å²) in [5.74, 6) is 7.30. The lowest BCUT2D eigenvalue weighted by Crippen LogP contribution is -2.12. The summed E-state index contributed by atoms with van der Waals surface area (Å²) in [7, 11) is 0. The number of aryl methyl sites for hydroxylation is 1. The Morgan fingerprint density at radius 3 is 2.79 bits per heavy atom. The van der Waals surface area contributed by atoms with E-state index in [1.165, 1.54) is 0 Å². The highest BCUT2D eigenvalue weighted by Crippen LogP contribution is 2.19. The number of anilines is 1. The van der Waals surface area contributed by atoms with Gasteiger partial charge in [0.2, 0.25) is 0 Å². The summed E-state index contributed by atoms with van der Waals surface area (Å²) in [4.78, 5) is 13.2. The normalized spacial score (nSPS) is 11.0. The Hall–Kier alpha value is -1.95. The van der Waals surface area contributed by atoms with Crippen LogP contribution in [0.5, 0.6) is 0 Å². The molecule has 0 aliphatic rings. The first-order chi connectivity index (χ1) is 9.13. The molecule has 0 bridgehead atoms. The van der Waals surface area contributed by atoms with Gasteiger partial charge in [0.15, 0.2) is 5.82 Å². The van der Waals surface area contributed by atoms with Crippen LogP contribution in [-0.2, 0) is 13.0 Å². The second-order valence-electron chi connectivity index (χ2n) is 4.88. The molecule has 0 fully saturated rings. The van der Waals surface area contributed by atoms with Crippen LogP contribution in [0.1, 0.15) is 26.5 Å². The molecule has 2 heterocycles. The van der Waals surface area contributed by atoms with Crippen molar-refractivity contribution in [2.45, 2.75) is 33.7 Å². The fourth-order valence-corrected chi connectivity index (χ4v) is 1.97. The number of nitrogens with one attached hydrogen (secondary N) is 1.